The standard InChI is InChI=1S/C22H23F3N2O4/c23-22(24,25)16-6-4-15(5-7-16)18(27-8-10-29-11-9-27)14-26-21(28)17-2-1-3-19-20(17)31-13-12-30-19/h1-7,18H,8-14H2,(H,26,28). The number of fused-ring (bicyclic) bond motifs is 1. The van der Waals surface area contributed by atoms with Gasteiger partial charge in [-0.05, 0) is 29.8 Å². The first-order valence-corrected chi connectivity index (χ1v) is 10.1. The van der Waals surface area contributed by atoms with Gasteiger partial charge in [0.05, 0.1) is 30.4 Å². The summed E-state index contributed by atoms with van der Waals surface area (Å²) >= 11 is 0. The van der Waals surface area contributed by atoms with E-state index in [2.05, 4.69) is 10.2 Å². The van der Waals surface area contributed by atoms with Crippen LogP contribution in [0.25, 0.3) is 0 Å². The molecule has 1 N–H and O–H groups in total. The Hall–Kier alpha value is -2.78. The second-order valence-corrected chi connectivity index (χ2v) is 7.32. The molecule has 0 radical (unpaired) electrons. The fraction of sp³-hybridized carbons (Fsp3) is 0.409. The van der Waals surface area contributed by atoms with Crippen LogP contribution < -0.4 is 14.8 Å². The van der Waals surface area contributed by atoms with Crippen LogP contribution in [0.2, 0.25) is 0 Å². The predicted molar refractivity (Wildman–Crippen MR) is 106 cm³/mol. The van der Waals surface area contributed by atoms with Gasteiger partial charge in [0.15, 0.2) is 11.5 Å². The normalized spacial score (nSPS) is 17.8. The first-order valence-electron chi connectivity index (χ1n) is 10.1. The van der Waals surface area contributed by atoms with Crippen molar-refractivity contribution in [3.8, 4) is 11.5 Å². The zero-order chi connectivity index (χ0) is 21.8. The van der Waals surface area contributed by atoms with E-state index >= 15 is 0 Å². The number of para-hydroxylation sites is 1. The monoisotopic (exact) mass is 436 g/mol. The predicted octanol–water partition coefficient (Wildman–Crippen LogP) is 3.28. The molecule has 6 nitrogen and oxygen atoms in total. The van der Waals surface area contributed by atoms with Gasteiger partial charge in [-0.15, -0.1) is 0 Å². The lowest BCUT2D eigenvalue weighted by Crippen LogP contribution is -2.44. The van der Waals surface area contributed by atoms with E-state index in [9.17, 15) is 18.0 Å². The molecule has 1 amide bonds. The fourth-order valence-corrected chi connectivity index (χ4v) is 3.78. The van der Waals surface area contributed by atoms with E-state index in [0.29, 0.717) is 62.1 Å². The minimum atomic E-state index is -4.39. The first-order chi connectivity index (χ1) is 14.9. The molecule has 2 aromatic carbocycles. The summed E-state index contributed by atoms with van der Waals surface area (Å²) in [7, 11) is 0. The lowest BCUT2D eigenvalue weighted by Gasteiger charge is -2.35. The number of ether oxygens (including phenoxy) is 3. The molecule has 166 valence electrons. The molecule has 2 aliphatic heterocycles. The zero-order valence-corrected chi connectivity index (χ0v) is 16.8. The number of morpholine rings is 1. The molecule has 2 aromatic rings. The third-order valence-electron chi connectivity index (χ3n) is 5.38. The maximum atomic E-state index is 12.9. The van der Waals surface area contributed by atoms with Crippen molar-refractivity contribution in [1.82, 2.24) is 10.2 Å². The molecule has 2 aliphatic rings. The van der Waals surface area contributed by atoms with E-state index in [0.717, 1.165) is 12.1 Å². The van der Waals surface area contributed by atoms with Crippen LogP contribution in [0.5, 0.6) is 11.5 Å². The molecule has 1 fully saturated rings. The van der Waals surface area contributed by atoms with Crippen LogP contribution in [-0.2, 0) is 10.9 Å². The molecule has 4 rings (SSSR count). The van der Waals surface area contributed by atoms with Gasteiger partial charge in [-0.3, -0.25) is 9.69 Å². The topological polar surface area (TPSA) is 60.0 Å². The third kappa shape index (κ3) is 4.94. The molecule has 0 spiro atoms. The Morgan fingerprint density at radius 1 is 1.00 bits per heavy atom. The molecule has 31 heavy (non-hydrogen) atoms. The highest BCUT2D eigenvalue weighted by atomic mass is 19.4. The molecule has 2 heterocycles. The van der Waals surface area contributed by atoms with Crippen molar-refractivity contribution in [2.75, 3.05) is 46.1 Å². The number of hydrogen-bond donors (Lipinski definition) is 1. The van der Waals surface area contributed by atoms with Gasteiger partial charge in [0.2, 0.25) is 0 Å². The molecule has 1 unspecified atom stereocenters. The minimum Gasteiger partial charge on any atom is -0.486 e. The highest BCUT2D eigenvalue weighted by Gasteiger charge is 2.31. The molecule has 0 bridgehead atoms. The van der Waals surface area contributed by atoms with Gasteiger partial charge < -0.3 is 19.5 Å². The maximum absolute atomic E-state index is 12.9. The van der Waals surface area contributed by atoms with E-state index in [1.54, 1.807) is 18.2 Å². The molecular weight excluding hydrogens is 413 g/mol. The molecule has 1 atom stereocenters. The molecule has 0 saturated carbocycles. The van der Waals surface area contributed by atoms with Crippen LogP contribution in [0.1, 0.15) is 27.5 Å². The van der Waals surface area contributed by atoms with Crippen LogP contribution in [0, 0.1) is 0 Å². The van der Waals surface area contributed by atoms with Crippen molar-refractivity contribution in [1.29, 1.82) is 0 Å². The van der Waals surface area contributed by atoms with Crippen molar-refractivity contribution in [2.24, 2.45) is 0 Å². The Morgan fingerprint density at radius 3 is 2.42 bits per heavy atom. The van der Waals surface area contributed by atoms with Crippen molar-refractivity contribution >= 4 is 5.91 Å². The Morgan fingerprint density at radius 2 is 1.71 bits per heavy atom. The fourth-order valence-electron chi connectivity index (χ4n) is 3.78. The van der Waals surface area contributed by atoms with Crippen LogP contribution in [0.3, 0.4) is 0 Å². The first kappa shape index (κ1) is 21.5. The van der Waals surface area contributed by atoms with Gasteiger partial charge in [0.25, 0.3) is 5.91 Å². The second-order valence-electron chi connectivity index (χ2n) is 7.32. The minimum absolute atomic E-state index is 0.231. The molecule has 0 aromatic heterocycles. The van der Waals surface area contributed by atoms with E-state index in [4.69, 9.17) is 14.2 Å². The quantitative estimate of drug-likeness (QED) is 0.780. The van der Waals surface area contributed by atoms with E-state index in [-0.39, 0.29) is 18.5 Å². The van der Waals surface area contributed by atoms with Crippen LogP contribution in [-0.4, -0.2) is 56.9 Å². The van der Waals surface area contributed by atoms with Gasteiger partial charge in [-0.2, -0.15) is 13.2 Å². The number of rotatable bonds is 5. The zero-order valence-electron chi connectivity index (χ0n) is 16.8. The molecule has 0 aliphatic carbocycles. The van der Waals surface area contributed by atoms with Gasteiger partial charge in [-0.1, -0.05) is 18.2 Å². The SMILES string of the molecule is O=C(NCC(c1ccc(C(F)(F)F)cc1)N1CCOCC1)c1cccc2c1OCCO2. The lowest BCUT2D eigenvalue weighted by atomic mass is 10.0. The van der Waals surface area contributed by atoms with E-state index in [1.807, 2.05) is 0 Å². The second kappa shape index (κ2) is 9.15. The van der Waals surface area contributed by atoms with Crippen molar-refractivity contribution in [3.05, 3.63) is 59.2 Å². The molecule has 1 saturated heterocycles. The average molecular weight is 436 g/mol. The smallest absolute Gasteiger partial charge is 0.416 e. The summed E-state index contributed by atoms with van der Waals surface area (Å²) in [5, 5.41) is 2.91. The summed E-state index contributed by atoms with van der Waals surface area (Å²) in [5.74, 6) is 0.600. The van der Waals surface area contributed by atoms with Crippen LogP contribution >= 0.6 is 0 Å². The summed E-state index contributed by atoms with van der Waals surface area (Å²) in [6, 6.07) is 9.92. The highest BCUT2D eigenvalue weighted by molar-refractivity contribution is 5.97. The van der Waals surface area contributed by atoms with Crippen molar-refractivity contribution in [3.63, 3.8) is 0 Å². The Labute approximate surface area is 177 Å². The lowest BCUT2D eigenvalue weighted by molar-refractivity contribution is -0.137. The average Bonchev–Trinajstić information content (AvgIpc) is 2.79. The van der Waals surface area contributed by atoms with E-state index in [1.165, 1.54) is 12.1 Å². The van der Waals surface area contributed by atoms with Gasteiger partial charge in [0, 0.05) is 19.6 Å². The van der Waals surface area contributed by atoms with Crippen molar-refractivity contribution in [2.45, 2.75) is 12.2 Å². The Balaban J connectivity index is 1.52. The number of carbonyl (C=O) groups excluding carboxylic acids is 1. The number of halogens is 3. The van der Waals surface area contributed by atoms with Gasteiger partial charge >= 0.3 is 6.18 Å². The maximum Gasteiger partial charge on any atom is 0.416 e. The summed E-state index contributed by atoms with van der Waals surface area (Å²) in [4.78, 5) is 15.0. The Kier molecular flexibility index (Phi) is 6.33. The summed E-state index contributed by atoms with van der Waals surface area (Å²) < 4.78 is 55.4. The largest absolute Gasteiger partial charge is 0.486 e. The summed E-state index contributed by atoms with van der Waals surface area (Å²) in [6.45, 7) is 3.32. The van der Waals surface area contributed by atoms with Crippen LogP contribution in [0.15, 0.2) is 42.5 Å². The number of benzene rings is 2. The molecule has 9 heteroatoms. The highest BCUT2D eigenvalue weighted by Crippen LogP contribution is 2.34. The summed E-state index contributed by atoms with van der Waals surface area (Å²) in [5.41, 5.74) is 0.365. The number of carbonyl (C=O) groups is 1. The molecular formula is C22H23F3N2O4. The number of amides is 1. The van der Waals surface area contributed by atoms with E-state index < -0.39 is 11.7 Å². The number of nitrogens with one attached hydrogen (secondary N) is 1. The summed E-state index contributed by atoms with van der Waals surface area (Å²) in [6.07, 6.45) is -4.39. The Bertz CT molecular complexity index is 912. The number of nitrogens with zero attached hydrogens (tertiary/aromatic N) is 1. The number of hydrogen-bond acceptors (Lipinski definition) is 5. The van der Waals surface area contributed by atoms with Gasteiger partial charge in [-0.25, -0.2) is 0 Å². The van der Waals surface area contributed by atoms with Crippen molar-refractivity contribution < 1.29 is 32.2 Å². The van der Waals surface area contributed by atoms with Crippen LogP contribution in [0.4, 0.5) is 13.2 Å². The third-order valence-corrected chi connectivity index (χ3v) is 5.38. The van der Waals surface area contributed by atoms with Gasteiger partial charge in [0.1, 0.15) is 13.2 Å². The number of alkyl halides is 3.